The Morgan fingerprint density at radius 1 is 1.50 bits per heavy atom. The maximum atomic E-state index is 10.9. The number of hydrogen-bond acceptors (Lipinski definition) is 2. The molecule has 0 spiro atoms. The molecule has 0 unspecified atom stereocenters. The van der Waals surface area contributed by atoms with E-state index >= 15 is 0 Å². The van der Waals surface area contributed by atoms with Gasteiger partial charge in [0.15, 0.2) is 0 Å². The molecule has 0 aromatic carbocycles. The van der Waals surface area contributed by atoms with Crippen LogP contribution in [0.3, 0.4) is 0 Å². The fourth-order valence-electron chi connectivity index (χ4n) is 2.03. The van der Waals surface area contributed by atoms with Crippen LogP contribution in [-0.4, -0.2) is 19.9 Å². The SMILES string of the molecule is CNCC1(C=O)CCC(C)CC1. The number of aldehydes is 1. The van der Waals surface area contributed by atoms with Crippen molar-refractivity contribution < 1.29 is 4.79 Å². The van der Waals surface area contributed by atoms with Crippen molar-refractivity contribution in [1.82, 2.24) is 5.32 Å². The Bertz CT molecular complexity index is 148. The molecule has 1 aliphatic rings. The van der Waals surface area contributed by atoms with Gasteiger partial charge in [-0.2, -0.15) is 0 Å². The van der Waals surface area contributed by atoms with E-state index in [9.17, 15) is 4.79 Å². The van der Waals surface area contributed by atoms with Crippen LogP contribution in [-0.2, 0) is 4.79 Å². The van der Waals surface area contributed by atoms with E-state index in [4.69, 9.17) is 0 Å². The molecule has 0 bridgehead atoms. The first-order valence-corrected chi connectivity index (χ1v) is 4.83. The van der Waals surface area contributed by atoms with E-state index in [0.29, 0.717) is 0 Å². The molecule has 1 saturated carbocycles. The Morgan fingerprint density at radius 2 is 2.08 bits per heavy atom. The molecule has 0 atom stereocenters. The summed E-state index contributed by atoms with van der Waals surface area (Å²) < 4.78 is 0. The van der Waals surface area contributed by atoms with Gasteiger partial charge in [0, 0.05) is 12.0 Å². The fraction of sp³-hybridized carbons (Fsp3) is 0.900. The number of carbonyl (C=O) groups is 1. The highest BCUT2D eigenvalue weighted by Gasteiger charge is 2.32. The van der Waals surface area contributed by atoms with Gasteiger partial charge < -0.3 is 10.1 Å². The van der Waals surface area contributed by atoms with Crippen LogP contribution in [0.25, 0.3) is 0 Å². The first-order valence-electron chi connectivity index (χ1n) is 4.83. The molecule has 0 aromatic rings. The van der Waals surface area contributed by atoms with Crippen molar-refractivity contribution in [3.8, 4) is 0 Å². The van der Waals surface area contributed by atoms with E-state index < -0.39 is 0 Å². The average molecular weight is 169 g/mol. The molecule has 0 aliphatic heterocycles. The largest absolute Gasteiger partial charge is 0.319 e. The van der Waals surface area contributed by atoms with Crippen molar-refractivity contribution in [1.29, 1.82) is 0 Å². The summed E-state index contributed by atoms with van der Waals surface area (Å²) in [4.78, 5) is 10.9. The Labute approximate surface area is 74.7 Å². The van der Waals surface area contributed by atoms with Gasteiger partial charge in [0.1, 0.15) is 6.29 Å². The second-order valence-electron chi connectivity index (χ2n) is 4.19. The maximum Gasteiger partial charge on any atom is 0.127 e. The molecule has 1 rings (SSSR count). The van der Waals surface area contributed by atoms with E-state index in [1.54, 1.807) is 0 Å². The van der Waals surface area contributed by atoms with Gasteiger partial charge in [-0.3, -0.25) is 0 Å². The lowest BCUT2D eigenvalue weighted by Crippen LogP contribution is -2.37. The summed E-state index contributed by atoms with van der Waals surface area (Å²) in [6.45, 7) is 3.12. The van der Waals surface area contributed by atoms with Gasteiger partial charge in [-0.1, -0.05) is 6.92 Å². The number of hydrogen-bond donors (Lipinski definition) is 1. The summed E-state index contributed by atoms with van der Waals surface area (Å²) in [6, 6.07) is 0. The Morgan fingerprint density at radius 3 is 2.50 bits per heavy atom. The average Bonchev–Trinajstić information content (AvgIpc) is 2.10. The Balaban J connectivity index is 2.50. The van der Waals surface area contributed by atoms with Gasteiger partial charge >= 0.3 is 0 Å². The number of carbonyl (C=O) groups excluding carboxylic acids is 1. The predicted octanol–water partition coefficient (Wildman–Crippen LogP) is 1.60. The molecule has 1 fully saturated rings. The molecule has 0 radical (unpaired) electrons. The highest BCUT2D eigenvalue weighted by atomic mass is 16.1. The second-order valence-corrected chi connectivity index (χ2v) is 4.19. The molecule has 1 N–H and O–H groups in total. The second kappa shape index (κ2) is 4.04. The van der Waals surface area contributed by atoms with Crippen LogP contribution in [0.15, 0.2) is 0 Å². The smallest absolute Gasteiger partial charge is 0.127 e. The third-order valence-corrected chi connectivity index (χ3v) is 3.05. The lowest BCUT2D eigenvalue weighted by Gasteiger charge is -2.34. The first kappa shape index (κ1) is 9.72. The highest BCUT2D eigenvalue weighted by molar-refractivity contribution is 5.60. The molecule has 12 heavy (non-hydrogen) atoms. The lowest BCUT2D eigenvalue weighted by atomic mass is 9.72. The molecule has 0 aromatic heterocycles. The summed E-state index contributed by atoms with van der Waals surface area (Å²) >= 11 is 0. The Hall–Kier alpha value is -0.370. The third-order valence-electron chi connectivity index (χ3n) is 3.05. The van der Waals surface area contributed by atoms with E-state index in [2.05, 4.69) is 12.2 Å². The van der Waals surface area contributed by atoms with Crippen LogP contribution < -0.4 is 5.32 Å². The van der Waals surface area contributed by atoms with E-state index in [-0.39, 0.29) is 5.41 Å². The molecule has 70 valence electrons. The van der Waals surface area contributed by atoms with Crippen molar-refractivity contribution in [2.24, 2.45) is 11.3 Å². The third kappa shape index (κ3) is 2.07. The normalized spacial score (nSPS) is 36.3. The molecule has 0 amide bonds. The van der Waals surface area contributed by atoms with Gasteiger partial charge in [-0.25, -0.2) is 0 Å². The van der Waals surface area contributed by atoms with E-state index in [0.717, 1.165) is 31.6 Å². The van der Waals surface area contributed by atoms with Crippen molar-refractivity contribution in [2.45, 2.75) is 32.6 Å². The van der Waals surface area contributed by atoms with Crippen molar-refractivity contribution in [3.05, 3.63) is 0 Å². The van der Waals surface area contributed by atoms with E-state index in [1.165, 1.54) is 12.8 Å². The first-order chi connectivity index (χ1) is 5.72. The summed E-state index contributed by atoms with van der Waals surface area (Å²) in [7, 11) is 1.92. The summed E-state index contributed by atoms with van der Waals surface area (Å²) in [5, 5.41) is 3.11. The van der Waals surface area contributed by atoms with Crippen LogP contribution in [0, 0.1) is 11.3 Å². The van der Waals surface area contributed by atoms with Crippen molar-refractivity contribution in [2.75, 3.05) is 13.6 Å². The minimum absolute atomic E-state index is 0.0404. The number of rotatable bonds is 3. The number of nitrogens with one attached hydrogen (secondary N) is 1. The molecule has 0 heterocycles. The molecule has 0 saturated heterocycles. The zero-order chi connectivity index (χ0) is 9.03. The van der Waals surface area contributed by atoms with Crippen molar-refractivity contribution in [3.63, 3.8) is 0 Å². The molecule has 2 nitrogen and oxygen atoms in total. The lowest BCUT2D eigenvalue weighted by molar-refractivity contribution is -0.118. The monoisotopic (exact) mass is 169 g/mol. The van der Waals surface area contributed by atoms with Gasteiger partial charge in [0.05, 0.1) is 0 Å². The topological polar surface area (TPSA) is 29.1 Å². The van der Waals surface area contributed by atoms with Gasteiger partial charge in [0.25, 0.3) is 0 Å². The van der Waals surface area contributed by atoms with Crippen LogP contribution in [0.2, 0.25) is 0 Å². The zero-order valence-corrected chi connectivity index (χ0v) is 8.10. The molecular formula is C10H19NO. The fourth-order valence-corrected chi connectivity index (χ4v) is 2.03. The Kier molecular flexibility index (Phi) is 3.27. The van der Waals surface area contributed by atoms with Gasteiger partial charge in [-0.05, 0) is 38.6 Å². The predicted molar refractivity (Wildman–Crippen MR) is 50.1 cm³/mol. The molecule has 1 aliphatic carbocycles. The van der Waals surface area contributed by atoms with Crippen LogP contribution in [0.4, 0.5) is 0 Å². The standard InChI is InChI=1S/C10H19NO/c1-9-3-5-10(8-12,6-4-9)7-11-2/h8-9,11H,3-7H2,1-2H3. The summed E-state index contributed by atoms with van der Waals surface area (Å²) in [5.74, 6) is 0.815. The molecular weight excluding hydrogens is 150 g/mol. The van der Waals surface area contributed by atoms with Crippen molar-refractivity contribution >= 4 is 6.29 Å². The quantitative estimate of drug-likeness (QED) is 0.650. The summed E-state index contributed by atoms with van der Waals surface area (Å²) in [5.41, 5.74) is -0.0404. The van der Waals surface area contributed by atoms with Gasteiger partial charge in [-0.15, -0.1) is 0 Å². The molecule has 2 heteroatoms. The maximum absolute atomic E-state index is 10.9. The minimum atomic E-state index is -0.0404. The van der Waals surface area contributed by atoms with Crippen LogP contribution in [0.1, 0.15) is 32.6 Å². The van der Waals surface area contributed by atoms with Gasteiger partial charge in [0.2, 0.25) is 0 Å². The summed E-state index contributed by atoms with van der Waals surface area (Å²) in [6.07, 6.45) is 5.72. The zero-order valence-electron chi connectivity index (χ0n) is 8.10. The minimum Gasteiger partial charge on any atom is -0.319 e. The van der Waals surface area contributed by atoms with E-state index in [1.807, 2.05) is 7.05 Å². The van der Waals surface area contributed by atoms with Crippen LogP contribution in [0.5, 0.6) is 0 Å². The highest BCUT2D eigenvalue weighted by Crippen LogP contribution is 2.36. The van der Waals surface area contributed by atoms with Crippen LogP contribution >= 0.6 is 0 Å².